The van der Waals surface area contributed by atoms with Gasteiger partial charge in [0.25, 0.3) is 0 Å². The molecule has 0 amide bonds. The van der Waals surface area contributed by atoms with Crippen LogP contribution in [0.15, 0.2) is 28.3 Å². The molecule has 3 heterocycles. The molecule has 0 saturated carbocycles. The van der Waals surface area contributed by atoms with Gasteiger partial charge in [0.2, 0.25) is 0 Å². The summed E-state index contributed by atoms with van der Waals surface area (Å²) < 4.78 is 1.53. The number of rotatable bonds is 4. The molecule has 1 aromatic heterocycles. The minimum atomic E-state index is 0.573. The van der Waals surface area contributed by atoms with Gasteiger partial charge in [-0.2, -0.15) is 0 Å². The predicted octanol–water partition coefficient (Wildman–Crippen LogP) is 3.91. The van der Waals surface area contributed by atoms with E-state index in [4.69, 9.17) is 0 Å². The zero-order valence-corrected chi connectivity index (χ0v) is 13.8. The van der Waals surface area contributed by atoms with Crippen LogP contribution in [0.5, 0.6) is 0 Å². The summed E-state index contributed by atoms with van der Waals surface area (Å²) in [6, 6.07) is 3.58. The first-order valence-corrected chi connectivity index (χ1v) is 9.35. The molecule has 1 N–H and O–H groups in total. The van der Waals surface area contributed by atoms with E-state index < -0.39 is 0 Å². The van der Waals surface area contributed by atoms with Gasteiger partial charge in [0.05, 0.1) is 4.21 Å². The quantitative estimate of drug-likeness (QED) is 0.849. The van der Waals surface area contributed by atoms with Crippen molar-refractivity contribution in [1.82, 2.24) is 10.2 Å². The van der Waals surface area contributed by atoms with E-state index >= 15 is 0 Å². The van der Waals surface area contributed by atoms with Crippen molar-refractivity contribution in [3.63, 3.8) is 0 Å². The highest BCUT2D eigenvalue weighted by atomic mass is 32.2. The zero-order chi connectivity index (χ0) is 13.9. The molecule has 0 aliphatic carbocycles. The van der Waals surface area contributed by atoms with E-state index in [-0.39, 0.29) is 0 Å². The van der Waals surface area contributed by atoms with E-state index in [0.717, 1.165) is 11.8 Å². The number of nitrogens with one attached hydrogen (secondary N) is 1. The Kier molecular flexibility index (Phi) is 4.87. The Labute approximate surface area is 130 Å². The van der Waals surface area contributed by atoms with E-state index in [1.165, 1.54) is 36.6 Å². The summed E-state index contributed by atoms with van der Waals surface area (Å²) >= 11 is 3.96. The Morgan fingerprint density at radius 2 is 2.25 bits per heavy atom. The lowest BCUT2D eigenvalue weighted by Gasteiger charge is -2.36. The molecule has 20 heavy (non-hydrogen) atoms. The molecular weight excluding hydrogens is 284 g/mol. The average molecular weight is 309 g/mol. The van der Waals surface area contributed by atoms with Gasteiger partial charge in [-0.3, -0.25) is 4.90 Å². The van der Waals surface area contributed by atoms with Crippen LogP contribution in [0.1, 0.15) is 37.8 Å². The van der Waals surface area contributed by atoms with Crippen molar-refractivity contribution in [2.75, 3.05) is 19.6 Å². The summed E-state index contributed by atoms with van der Waals surface area (Å²) in [6.45, 7) is 9.64. The largest absolute Gasteiger partial charge is 0.307 e. The van der Waals surface area contributed by atoms with E-state index in [1.54, 1.807) is 5.56 Å². The Bertz CT molecular complexity index is 449. The van der Waals surface area contributed by atoms with E-state index in [0.29, 0.717) is 12.1 Å². The number of thioether (sulfide) groups is 1. The summed E-state index contributed by atoms with van der Waals surface area (Å²) in [5.41, 5.74) is 1.55. The Hall–Kier alpha value is -0.290. The highest BCUT2D eigenvalue weighted by molar-refractivity contribution is 8.01. The van der Waals surface area contributed by atoms with Gasteiger partial charge in [-0.05, 0) is 49.4 Å². The maximum Gasteiger partial charge on any atom is 0.0649 e. The number of piperidine rings is 1. The standard InChI is InChI=1S/C16H24N2S2/c1-3-7-18-8-4-13(5-9-18)17-15-11-12(2)20-16-14(15)6-10-19-16/h3,6,10,12-13,15,17H,1,4-5,7-9,11H2,2H3/t12-,15-/m0/s1. The molecule has 2 atom stereocenters. The third-order valence-corrected chi connectivity index (χ3v) is 6.67. The van der Waals surface area contributed by atoms with Crippen molar-refractivity contribution in [1.29, 1.82) is 0 Å². The van der Waals surface area contributed by atoms with Crippen molar-refractivity contribution >= 4 is 23.1 Å². The van der Waals surface area contributed by atoms with Crippen LogP contribution in [0.2, 0.25) is 0 Å². The molecule has 0 unspecified atom stereocenters. The van der Waals surface area contributed by atoms with Crippen molar-refractivity contribution in [2.24, 2.45) is 0 Å². The molecule has 0 spiro atoms. The van der Waals surface area contributed by atoms with Crippen LogP contribution in [0.3, 0.4) is 0 Å². The van der Waals surface area contributed by atoms with Crippen molar-refractivity contribution < 1.29 is 0 Å². The van der Waals surface area contributed by atoms with Gasteiger partial charge in [-0.25, -0.2) is 0 Å². The van der Waals surface area contributed by atoms with Crippen LogP contribution in [-0.4, -0.2) is 35.8 Å². The number of nitrogens with zero attached hydrogens (tertiary/aromatic N) is 1. The summed E-state index contributed by atoms with van der Waals surface area (Å²) in [7, 11) is 0. The summed E-state index contributed by atoms with van der Waals surface area (Å²) in [6.07, 6.45) is 5.82. The Balaban J connectivity index is 1.58. The van der Waals surface area contributed by atoms with Crippen LogP contribution in [0, 0.1) is 0 Å². The SMILES string of the molecule is C=CCN1CCC(N[C@H]2C[C@H](C)Sc3sccc32)CC1. The van der Waals surface area contributed by atoms with Gasteiger partial charge in [0.15, 0.2) is 0 Å². The van der Waals surface area contributed by atoms with Crippen LogP contribution in [-0.2, 0) is 0 Å². The van der Waals surface area contributed by atoms with Crippen LogP contribution in [0.25, 0.3) is 0 Å². The zero-order valence-electron chi connectivity index (χ0n) is 12.2. The lowest BCUT2D eigenvalue weighted by Crippen LogP contribution is -2.44. The monoisotopic (exact) mass is 308 g/mol. The summed E-state index contributed by atoms with van der Waals surface area (Å²) in [5, 5.41) is 6.92. The van der Waals surface area contributed by atoms with E-state index in [9.17, 15) is 0 Å². The van der Waals surface area contributed by atoms with Crippen molar-refractivity contribution in [3.05, 3.63) is 29.7 Å². The van der Waals surface area contributed by atoms with E-state index in [1.807, 2.05) is 17.4 Å². The molecule has 2 aliphatic rings. The molecular formula is C16H24N2S2. The Morgan fingerprint density at radius 1 is 1.45 bits per heavy atom. The van der Waals surface area contributed by atoms with Gasteiger partial charge >= 0.3 is 0 Å². The first-order chi connectivity index (χ1) is 9.76. The predicted molar refractivity (Wildman–Crippen MR) is 89.8 cm³/mol. The molecule has 0 radical (unpaired) electrons. The van der Waals surface area contributed by atoms with Crippen LogP contribution < -0.4 is 5.32 Å². The normalized spacial score (nSPS) is 28.2. The lowest BCUT2D eigenvalue weighted by atomic mass is 9.99. The fraction of sp³-hybridized carbons (Fsp3) is 0.625. The maximum atomic E-state index is 3.93. The van der Waals surface area contributed by atoms with Crippen molar-refractivity contribution in [2.45, 2.75) is 47.7 Å². The average Bonchev–Trinajstić information content (AvgIpc) is 2.89. The number of fused-ring (bicyclic) bond motifs is 1. The van der Waals surface area contributed by atoms with Gasteiger partial charge in [-0.1, -0.05) is 13.0 Å². The molecule has 2 nitrogen and oxygen atoms in total. The van der Waals surface area contributed by atoms with Crippen LogP contribution >= 0.6 is 23.1 Å². The highest BCUT2D eigenvalue weighted by Gasteiger charge is 2.29. The summed E-state index contributed by atoms with van der Waals surface area (Å²) in [4.78, 5) is 2.50. The fourth-order valence-corrected chi connectivity index (χ4v) is 5.82. The number of thiophene rings is 1. The summed E-state index contributed by atoms with van der Waals surface area (Å²) in [5.74, 6) is 0. The van der Waals surface area contributed by atoms with E-state index in [2.05, 4.69) is 46.9 Å². The molecule has 0 aromatic carbocycles. The van der Waals surface area contributed by atoms with Gasteiger partial charge in [0.1, 0.15) is 0 Å². The second-order valence-electron chi connectivity index (χ2n) is 5.91. The lowest BCUT2D eigenvalue weighted by molar-refractivity contribution is 0.204. The van der Waals surface area contributed by atoms with Gasteiger partial charge < -0.3 is 5.32 Å². The van der Waals surface area contributed by atoms with Crippen LogP contribution in [0.4, 0.5) is 0 Å². The molecule has 0 bridgehead atoms. The second-order valence-corrected chi connectivity index (χ2v) is 8.53. The molecule has 3 rings (SSSR count). The first-order valence-electron chi connectivity index (χ1n) is 7.59. The van der Waals surface area contributed by atoms with Gasteiger partial charge in [0, 0.05) is 23.9 Å². The topological polar surface area (TPSA) is 15.3 Å². The second kappa shape index (κ2) is 6.65. The third-order valence-electron chi connectivity index (χ3n) is 4.32. The third kappa shape index (κ3) is 3.30. The first kappa shape index (κ1) is 14.6. The smallest absolute Gasteiger partial charge is 0.0649 e. The number of hydrogen-bond acceptors (Lipinski definition) is 4. The highest BCUT2D eigenvalue weighted by Crippen LogP contribution is 2.44. The minimum Gasteiger partial charge on any atom is -0.307 e. The van der Waals surface area contributed by atoms with Crippen molar-refractivity contribution in [3.8, 4) is 0 Å². The fourth-order valence-electron chi connectivity index (χ4n) is 3.26. The molecule has 1 aromatic rings. The molecule has 4 heteroatoms. The molecule has 1 saturated heterocycles. The Morgan fingerprint density at radius 3 is 3.00 bits per heavy atom. The van der Waals surface area contributed by atoms with Gasteiger partial charge in [-0.15, -0.1) is 29.7 Å². The maximum absolute atomic E-state index is 3.93. The molecule has 2 aliphatic heterocycles. The molecule has 1 fully saturated rings. The minimum absolute atomic E-state index is 0.573. The molecule has 110 valence electrons. The number of likely N-dealkylation sites (tertiary alicyclic amines) is 1. The number of hydrogen-bond donors (Lipinski definition) is 1.